The minimum Gasteiger partial charge on any atom is -0.468 e. The van der Waals surface area contributed by atoms with E-state index < -0.39 is 0 Å². The minimum absolute atomic E-state index is 0.0615. The zero-order valence-electron chi connectivity index (χ0n) is 15.9. The Bertz CT molecular complexity index is 1050. The van der Waals surface area contributed by atoms with Crippen LogP contribution in [-0.4, -0.2) is 36.6 Å². The van der Waals surface area contributed by atoms with Gasteiger partial charge < -0.3 is 14.5 Å². The molecule has 0 atom stereocenters. The Labute approximate surface area is 176 Å². The second kappa shape index (κ2) is 7.96. The molecule has 0 N–H and O–H groups in total. The molecule has 5 nitrogen and oxygen atoms in total. The molecule has 3 heterocycles. The normalized spacial score (nSPS) is 19.8. The fraction of sp³-hybridized carbons (Fsp3) is 0.143. The molecule has 29 heavy (non-hydrogen) atoms. The molecule has 0 saturated carbocycles. The molecule has 2 aromatic rings. The van der Waals surface area contributed by atoms with Gasteiger partial charge in [0.05, 0.1) is 33.5 Å². The van der Waals surface area contributed by atoms with Gasteiger partial charge in [-0.25, -0.2) is 4.39 Å². The van der Waals surface area contributed by atoms with Crippen LogP contribution in [-0.2, 0) is 9.53 Å². The van der Waals surface area contributed by atoms with Crippen LogP contribution < -0.4 is 4.90 Å². The SMILES string of the molecule is C=C1C(=C2Sc3ccc(F)cc3N2C)SC(=Cc2ccncc2)N1CC(=O)OC. The van der Waals surface area contributed by atoms with Crippen molar-refractivity contribution in [1.82, 2.24) is 9.88 Å². The largest absolute Gasteiger partial charge is 0.468 e. The molecule has 0 aliphatic carbocycles. The highest BCUT2D eigenvalue weighted by molar-refractivity contribution is 8.09. The third kappa shape index (κ3) is 3.77. The van der Waals surface area contributed by atoms with E-state index in [1.165, 1.54) is 31.0 Å². The summed E-state index contributed by atoms with van der Waals surface area (Å²) in [5, 5.41) is 1.82. The number of hydrogen-bond acceptors (Lipinski definition) is 7. The second-order valence-corrected chi connectivity index (χ2v) is 8.44. The molecule has 0 unspecified atom stereocenters. The summed E-state index contributed by atoms with van der Waals surface area (Å²) in [6.45, 7) is 4.29. The van der Waals surface area contributed by atoms with Gasteiger partial charge in [0, 0.05) is 24.3 Å². The Balaban J connectivity index is 1.74. The average molecular weight is 428 g/mol. The zero-order chi connectivity index (χ0) is 20.5. The molecule has 0 radical (unpaired) electrons. The molecule has 148 valence electrons. The van der Waals surface area contributed by atoms with Crippen molar-refractivity contribution >= 4 is 41.3 Å². The molecule has 1 aromatic carbocycles. The highest BCUT2D eigenvalue weighted by atomic mass is 32.2. The predicted octanol–water partition coefficient (Wildman–Crippen LogP) is 4.67. The van der Waals surface area contributed by atoms with Crippen LogP contribution in [0.15, 0.2) is 74.9 Å². The van der Waals surface area contributed by atoms with Crippen LogP contribution >= 0.6 is 23.5 Å². The van der Waals surface area contributed by atoms with Crippen molar-refractivity contribution in [1.29, 1.82) is 0 Å². The molecule has 2 aliphatic heterocycles. The molecule has 8 heteroatoms. The first-order valence-corrected chi connectivity index (χ1v) is 10.4. The van der Waals surface area contributed by atoms with Crippen molar-refractivity contribution in [3.63, 3.8) is 0 Å². The van der Waals surface area contributed by atoms with E-state index >= 15 is 0 Å². The Morgan fingerprint density at radius 3 is 2.76 bits per heavy atom. The summed E-state index contributed by atoms with van der Waals surface area (Å²) in [6.07, 6.45) is 5.42. The standard InChI is InChI=1S/C21H18FN3O2S2/c1-13-20(21-24(2)16-11-15(22)4-5-17(16)28-21)29-18(25(13)12-19(26)27-3)10-14-6-8-23-9-7-14/h4-11H,1,12H2,2-3H3. The molecular weight excluding hydrogens is 409 g/mol. The summed E-state index contributed by atoms with van der Waals surface area (Å²) in [6, 6.07) is 8.56. The number of fused-ring (bicyclic) bond motifs is 1. The van der Waals surface area contributed by atoms with Gasteiger partial charge in [-0.3, -0.25) is 9.78 Å². The van der Waals surface area contributed by atoms with Gasteiger partial charge in [0.2, 0.25) is 0 Å². The average Bonchev–Trinajstić information content (AvgIpc) is 3.20. The van der Waals surface area contributed by atoms with E-state index in [2.05, 4.69) is 11.6 Å². The lowest BCUT2D eigenvalue weighted by Gasteiger charge is -2.19. The summed E-state index contributed by atoms with van der Waals surface area (Å²) in [4.78, 5) is 21.8. The summed E-state index contributed by atoms with van der Waals surface area (Å²) in [5.74, 6) is -0.623. The number of aromatic nitrogens is 1. The fourth-order valence-corrected chi connectivity index (χ4v) is 5.52. The van der Waals surface area contributed by atoms with Gasteiger partial charge >= 0.3 is 5.97 Å². The number of rotatable bonds is 3. The number of benzene rings is 1. The van der Waals surface area contributed by atoms with Crippen LogP contribution in [0.3, 0.4) is 0 Å². The van der Waals surface area contributed by atoms with Crippen molar-refractivity contribution < 1.29 is 13.9 Å². The molecule has 0 amide bonds. The van der Waals surface area contributed by atoms with Crippen LogP contribution in [0.4, 0.5) is 10.1 Å². The first-order chi connectivity index (χ1) is 14.0. The number of halogens is 1. The van der Waals surface area contributed by atoms with Gasteiger partial charge in [0.1, 0.15) is 12.4 Å². The van der Waals surface area contributed by atoms with Gasteiger partial charge in [0.25, 0.3) is 0 Å². The van der Waals surface area contributed by atoms with Crippen LogP contribution in [0.25, 0.3) is 6.08 Å². The maximum absolute atomic E-state index is 13.7. The number of carbonyl (C=O) groups is 1. The van der Waals surface area contributed by atoms with Gasteiger partial charge in [-0.2, -0.15) is 0 Å². The highest BCUT2D eigenvalue weighted by Crippen LogP contribution is 2.54. The number of anilines is 1. The van der Waals surface area contributed by atoms with Crippen LogP contribution in [0, 0.1) is 5.82 Å². The Morgan fingerprint density at radius 2 is 2.03 bits per heavy atom. The first kappa shape index (κ1) is 19.6. The Kier molecular flexibility index (Phi) is 5.38. The van der Waals surface area contributed by atoms with Crippen molar-refractivity contribution in [2.24, 2.45) is 0 Å². The van der Waals surface area contributed by atoms with E-state index in [0.29, 0.717) is 5.70 Å². The molecule has 2 aliphatic rings. The van der Waals surface area contributed by atoms with E-state index in [9.17, 15) is 9.18 Å². The Morgan fingerprint density at radius 1 is 1.28 bits per heavy atom. The third-order valence-electron chi connectivity index (χ3n) is 4.56. The van der Waals surface area contributed by atoms with E-state index in [1.54, 1.807) is 30.2 Å². The number of thioether (sulfide) groups is 2. The number of hydrogen-bond donors (Lipinski definition) is 0. The third-order valence-corrected chi connectivity index (χ3v) is 7.11. The number of carbonyl (C=O) groups excluding carboxylic acids is 1. The predicted molar refractivity (Wildman–Crippen MR) is 115 cm³/mol. The molecule has 1 saturated heterocycles. The summed E-state index contributed by atoms with van der Waals surface area (Å²) >= 11 is 3.10. The number of nitrogens with zero attached hydrogens (tertiary/aromatic N) is 3. The van der Waals surface area contributed by atoms with Gasteiger partial charge in [-0.05, 0) is 42.0 Å². The number of ether oxygens (including phenoxy) is 1. The highest BCUT2D eigenvalue weighted by Gasteiger charge is 2.35. The van der Waals surface area contributed by atoms with Crippen molar-refractivity contribution in [2.45, 2.75) is 4.90 Å². The van der Waals surface area contributed by atoms with Crippen LogP contribution in [0.1, 0.15) is 5.56 Å². The number of pyridine rings is 1. The maximum atomic E-state index is 13.7. The summed E-state index contributed by atoms with van der Waals surface area (Å²) in [7, 11) is 3.27. The molecule has 1 aromatic heterocycles. The van der Waals surface area contributed by atoms with Crippen molar-refractivity contribution in [2.75, 3.05) is 25.6 Å². The van der Waals surface area contributed by atoms with Gasteiger partial charge in [-0.15, -0.1) is 0 Å². The second-order valence-electron chi connectivity index (χ2n) is 6.38. The smallest absolute Gasteiger partial charge is 0.325 e. The molecule has 4 rings (SSSR count). The van der Waals surface area contributed by atoms with Crippen LogP contribution in [0.5, 0.6) is 0 Å². The van der Waals surface area contributed by atoms with E-state index in [0.717, 1.165) is 31.1 Å². The van der Waals surface area contributed by atoms with Crippen LogP contribution in [0.2, 0.25) is 0 Å². The molecule has 0 spiro atoms. The zero-order valence-corrected chi connectivity index (χ0v) is 17.5. The molecule has 0 bridgehead atoms. The summed E-state index contributed by atoms with van der Waals surface area (Å²) < 4.78 is 18.6. The van der Waals surface area contributed by atoms with Crippen molar-refractivity contribution in [3.05, 3.63) is 81.3 Å². The monoisotopic (exact) mass is 427 g/mol. The Hall–Kier alpha value is -2.71. The minimum atomic E-state index is -0.351. The number of methoxy groups -OCH3 is 1. The maximum Gasteiger partial charge on any atom is 0.325 e. The van der Waals surface area contributed by atoms with Gasteiger partial charge in [-0.1, -0.05) is 30.1 Å². The first-order valence-electron chi connectivity index (χ1n) is 8.76. The summed E-state index contributed by atoms with van der Waals surface area (Å²) in [5.41, 5.74) is 2.49. The van der Waals surface area contributed by atoms with E-state index in [1.807, 2.05) is 35.1 Å². The van der Waals surface area contributed by atoms with E-state index in [4.69, 9.17) is 4.74 Å². The lowest BCUT2D eigenvalue weighted by atomic mass is 10.2. The fourth-order valence-electron chi connectivity index (χ4n) is 3.04. The lowest BCUT2D eigenvalue weighted by Crippen LogP contribution is -2.25. The quantitative estimate of drug-likeness (QED) is 0.660. The number of esters is 1. The topological polar surface area (TPSA) is 45.7 Å². The molecule has 1 fully saturated rings. The lowest BCUT2D eigenvalue weighted by molar-refractivity contribution is -0.140. The van der Waals surface area contributed by atoms with E-state index in [-0.39, 0.29) is 18.3 Å². The van der Waals surface area contributed by atoms with Gasteiger partial charge in [0.15, 0.2) is 0 Å². The molecular formula is C21H18FN3O2S2. The van der Waals surface area contributed by atoms with Crippen molar-refractivity contribution in [3.8, 4) is 0 Å².